The zero-order chi connectivity index (χ0) is 13.7. The van der Waals surface area contributed by atoms with Gasteiger partial charge in [-0.25, -0.2) is 4.79 Å². The molecule has 1 atom stereocenters. The molecule has 1 aromatic heterocycles. The average Bonchev–Trinajstić information content (AvgIpc) is 2.86. The minimum Gasteiger partial charge on any atom is -0.334 e. The number of amides is 2. The highest BCUT2D eigenvalue weighted by Crippen LogP contribution is 2.12. The number of nitrogens with one attached hydrogen (secondary N) is 2. The maximum Gasteiger partial charge on any atom is 0.315 e. The van der Waals surface area contributed by atoms with Crippen LogP contribution in [0.15, 0.2) is 24.5 Å². The molecule has 1 fully saturated rings. The van der Waals surface area contributed by atoms with Crippen LogP contribution in [0.5, 0.6) is 0 Å². The van der Waals surface area contributed by atoms with Crippen LogP contribution in [-0.2, 0) is 6.54 Å². The van der Waals surface area contributed by atoms with E-state index in [2.05, 4.69) is 34.4 Å². The summed E-state index contributed by atoms with van der Waals surface area (Å²) < 4.78 is 0. The van der Waals surface area contributed by atoms with E-state index in [4.69, 9.17) is 0 Å². The zero-order valence-corrected chi connectivity index (χ0v) is 11.6. The second-order valence-corrected chi connectivity index (χ2v) is 5.26. The van der Waals surface area contributed by atoms with E-state index in [-0.39, 0.29) is 12.1 Å². The predicted molar refractivity (Wildman–Crippen MR) is 74.7 cm³/mol. The summed E-state index contributed by atoms with van der Waals surface area (Å²) in [6, 6.07) is 4.52. The van der Waals surface area contributed by atoms with Crippen LogP contribution in [-0.4, -0.2) is 41.1 Å². The fraction of sp³-hybridized carbons (Fsp3) is 0.571. The molecule has 104 valence electrons. The van der Waals surface area contributed by atoms with Crippen LogP contribution in [0.4, 0.5) is 4.79 Å². The van der Waals surface area contributed by atoms with Crippen LogP contribution in [0.1, 0.15) is 25.8 Å². The second-order valence-electron chi connectivity index (χ2n) is 5.26. The molecule has 19 heavy (non-hydrogen) atoms. The lowest BCUT2D eigenvalue weighted by Gasteiger charge is -2.20. The van der Waals surface area contributed by atoms with E-state index in [1.165, 1.54) is 0 Å². The molecule has 5 nitrogen and oxygen atoms in total. The van der Waals surface area contributed by atoms with Crippen molar-refractivity contribution in [1.82, 2.24) is 20.5 Å². The van der Waals surface area contributed by atoms with E-state index in [1.54, 1.807) is 12.4 Å². The van der Waals surface area contributed by atoms with Crippen molar-refractivity contribution in [1.29, 1.82) is 0 Å². The standard InChI is InChI=1S/C14H22N4O/c1-11(2)18-7-5-13(10-18)17-14(19)16-9-12-4-3-6-15-8-12/h3-4,6,8,11,13H,5,7,9-10H2,1-2H3,(H2,16,17,19)/t13-/m0/s1. The minimum absolute atomic E-state index is 0.0977. The number of rotatable bonds is 4. The van der Waals surface area contributed by atoms with Crippen LogP contribution in [0.3, 0.4) is 0 Å². The molecule has 1 saturated heterocycles. The third-order valence-electron chi connectivity index (χ3n) is 3.46. The number of aromatic nitrogens is 1. The molecular weight excluding hydrogens is 240 g/mol. The second kappa shape index (κ2) is 6.52. The number of hydrogen-bond acceptors (Lipinski definition) is 3. The van der Waals surface area contributed by atoms with E-state index in [9.17, 15) is 4.79 Å². The Morgan fingerprint density at radius 1 is 1.58 bits per heavy atom. The Morgan fingerprint density at radius 2 is 2.42 bits per heavy atom. The monoisotopic (exact) mass is 262 g/mol. The van der Waals surface area contributed by atoms with Gasteiger partial charge in [0.15, 0.2) is 0 Å². The van der Waals surface area contributed by atoms with Gasteiger partial charge in [-0.1, -0.05) is 6.07 Å². The lowest BCUT2D eigenvalue weighted by Crippen LogP contribution is -2.43. The van der Waals surface area contributed by atoms with Gasteiger partial charge in [0, 0.05) is 44.1 Å². The van der Waals surface area contributed by atoms with Gasteiger partial charge in [-0.2, -0.15) is 0 Å². The molecule has 0 aliphatic carbocycles. The van der Waals surface area contributed by atoms with E-state index < -0.39 is 0 Å². The Balaban J connectivity index is 1.71. The Labute approximate surface area is 114 Å². The summed E-state index contributed by atoms with van der Waals surface area (Å²) in [4.78, 5) is 18.2. The molecule has 0 bridgehead atoms. The van der Waals surface area contributed by atoms with Crippen LogP contribution in [0.25, 0.3) is 0 Å². The average molecular weight is 262 g/mol. The normalized spacial score (nSPS) is 19.6. The van der Waals surface area contributed by atoms with Crippen molar-refractivity contribution >= 4 is 6.03 Å². The molecule has 2 rings (SSSR count). The highest BCUT2D eigenvalue weighted by molar-refractivity contribution is 5.74. The number of carbonyl (C=O) groups is 1. The van der Waals surface area contributed by atoms with Crippen LogP contribution in [0.2, 0.25) is 0 Å². The number of urea groups is 1. The highest BCUT2D eigenvalue weighted by Gasteiger charge is 2.25. The molecule has 0 saturated carbocycles. The summed E-state index contributed by atoms with van der Waals surface area (Å²) in [6.45, 7) is 6.89. The lowest BCUT2D eigenvalue weighted by molar-refractivity contribution is 0.233. The lowest BCUT2D eigenvalue weighted by atomic mass is 10.2. The Bertz CT molecular complexity index is 407. The van der Waals surface area contributed by atoms with Gasteiger partial charge in [-0.3, -0.25) is 9.88 Å². The largest absolute Gasteiger partial charge is 0.334 e. The third-order valence-corrected chi connectivity index (χ3v) is 3.46. The molecule has 2 amide bonds. The smallest absolute Gasteiger partial charge is 0.315 e. The zero-order valence-electron chi connectivity index (χ0n) is 11.6. The summed E-state index contributed by atoms with van der Waals surface area (Å²) in [5.74, 6) is 0. The van der Waals surface area contributed by atoms with Crippen LogP contribution in [0, 0.1) is 0 Å². The van der Waals surface area contributed by atoms with E-state index in [0.717, 1.165) is 25.1 Å². The number of hydrogen-bond donors (Lipinski definition) is 2. The summed E-state index contributed by atoms with van der Waals surface area (Å²) in [7, 11) is 0. The van der Waals surface area contributed by atoms with Crippen molar-refractivity contribution in [3.05, 3.63) is 30.1 Å². The molecule has 2 heterocycles. The Hall–Kier alpha value is -1.62. The summed E-state index contributed by atoms with van der Waals surface area (Å²) in [5.41, 5.74) is 1.01. The van der Waals surface area contributed by atoms with Gasteiger partial charge in [0.05, 0.1) is 0 Å². The molecule has 2 N–H and O–H groups in total. The van der Waals surface area contributed by atoms with Gasteiger partial charge >= 0.3 is 6.03 Å². The summed E-state index contributed by atoms with van der Waals surface area (Å²) in [6.07, 6.45) is 4.51. The minimum atomic E-state index is -0.0977. The van der Waals surface area contributed by atoms with E-state index in [1.807, 2.05) is 12.1 Å². The van der Waals surface area contributed by atoms with Crippen molar-refractivity contribution in [3.63, 3.8) is 0 Å². The maximum absolute atomic E-state index is 11.8. The van der Waals surface area contributed by atoms with Crippen molar-refractivity contribution in [2.75, 3.05) is 13.1 Å². The molecule has 0 spiro atoms. The Morgan fingerprint density at radius 3 is 3.05 bits per heavy atom. The van der Waals surface area contributed by atoms with Gasteiger partial charge in [0.1, 0.15) is 0 Å². The fourth-order valence-corrected chi connectivity index (χ4v) is 2.30. The topological polar surface area (TPSA) is 57.3 Å². The van der Waals surface area contributed by atoms with Gasteiger partial charge < -0.3 is 10.6 Å². The van der Waals surface area contributed by atoms with Gasteiger partial charge in [-0.05, 0) is 31.9 Å². The van der Waals surface area contributed by atoms with Crippen LogP contribution >= 0.6 is 0 Å². The van der Waals surface area contributed by atoms with Gasteiger partial charge in [0.25, 0.3) is 0 Å². The number of likely N-dealkylation sites (tertiary alicyclic amines) is 1. The van der Waals surface area contributed by atoms with Crippen LogP contribution < -0.4 is 10.6 Å². The van der Waals surface area contributed by atoms with Gasteiger partial charge in [-0.15, -0.1) is 0 Å². The van der Waals surface area contributed by atoms with Crippen molar-refractivity contribution in [2.45, 2.75) is 38.9 Å². The number of carbonyl (C=O) groups excluding carboxylic acids is 1. The first-order valence-electron chi connectivity index (χ1n) is 6.82. The van der Waals surface area contributed by atoms with Crippen molar-refractivity contribution in [2.24, 2.45) is 0 Å². The molecule has 1 aliphatic heterocycles. The molecule has 1 aromatic rings. The summed E-state index contributed by atoms with van der Waals surface area (Å²) >= 11 is 0. The van der Waals surface area contributed by atoms with Crippen molar-refractivity contribution < 1.29 is 4.79 Å². The van der Waals surface area contributed by atoms with Gasteiger partial charge in [0.2, 0.25) is 0 Å². The molecule has 0 unspecified atom stereocenters. The van der Waals surface area contributed by atoms with E-state index in [0.29, 0.717) is 12.6 Å². The highest BCUT2D eigenvalue weighted by atomic mass is 16.2. The van der Waals surface area contributed by atoms with E-state index >= 15 is 0 Å². The molecule has 1 aliphatic rings. The Kier molecular flexibility index (Phi) is 4.74. The number of nitrogens with zero attached hydrogens (tertiary/aromatic N) is 2. The maximum atomic E-state index is 11.8. The molecule has 0 aromatic carbocycles. The number of pyridine rings is 1. The third kappa shape index (κ3) is 4.21. The SMILES string of the molecule is CC(C)N1CC[C@H](NC(=O)NCc2cccnc2)C1. The fourth-order valence-electron chi connectivity index (χ4n) is 2.30. The molecular formula is C14H22N4O. The first-order valence-corrected chi connectivity index (χ1v) is 6.82. The first kappa shape index (κ1) is 13.8. The summed E-state index contributed by atoms with van der Waals surface area (Å²) in [5, 5.41) is 5.88. The quantitative estimate of drug-likeness (QED) is 0.861. The van der Waals surface area contributed by atoms with Crippen molar-refractivity contribution in [3.8, 4) is 0 Å². The molecule has 0 radical (unpaired) electrons. The predicted octanol–water partition coefficient (Wildman–Crippen LogP) is 1.36. The first-order chi connectivity index (χ1) is 9.15. The molecule has 5 heteroatoms.